The van der Waals surface area contributed by atoms with Crippen molar-refractivity contribution in [3.05, 3.63) is 48.0 Å². The minimum absolute atomic E-state index is 0.0758. The molecule has 0 spiro atoms. The van der Waals surface area contributed by atoms with E-state index in [4.69, 9.17) is 15.2 Å². The van der Waals surface area contributed by atoms with Gasteiger partial charge in [0, 0.05) is 25.2 Å². The normalized spacial score (nSPS) is 19.4. The molecule has 2 N–H and O–H groups in total. The zero-order valence-electron chi connectivity index (χ0n) is 16.6. The molecule has 2 aliphatic heterocycles. The van der Waals surface area contributed by atoms with Crippen LogP contribution in [-0.2, 0) is 11.2 Å². The molecule has 5 heteroatoms. The van der Waals surface area contributed by atoms with Crippen molar-refractivity contribution in [1.29, 1.82) is 0 Å². The fourth-order valence-electron chi connectivity index (χ4n) is 4.12. The highest BCUT2D eigenvalue weighted by atomic mass is 16.6. The van der Waals surface area contributed by atoms with Gasteiger partial charge in [-0.15, -0.1) is 0 Å². The van der Waals surface area contributed by atoms with E-state index in [0.29, 0.717) is 5.92 Å². The second-order valence-electron chi connectivity index (χ2n) is 8.06. The first kappa shape index (κ1) is 18.7. The second-order valence-corrected chi connectivity index (χ2v) is 8.06. The summed E-state index contributed by atoms with van der Waals surface area (Å²) in [5.74, 6) is 1.46. The molecule has 0 bridgehead atoms. The Hall–Kier alpha value is -2.69. The molecule has 1 saturated heterocycles. The summed E-state index contributed by atoms with van der Waals surface area (Å²) >= 11 is 0. The molecule has 2 aromatic carbocycles. The van der Waals surface area contributed by atoms with Gasteiger partial charge in [0.2, 0.25) is 0 Å². The number of nitrogens with two attached hydrogens (primary N) is 1. The number of benzene rings is 2. The van der Waals surface area contributed by atoms with E-state index >= 15 is 0 Å². The van der Waals surface area contributed by atoms with Crippen molar-refractivity contribution in [2.75, 3.05) is 18.8 Å². The van der Waals surface area contributed by atoms with Crippen molar-refractivity contribution in [3.8, 4) is 16.9 Å². The molecule has 1 fully saturated rings. The maximum absolute atomic E-state index is 12.1. The van der Waals surface area contributed by atoms with E-state index in [1.807, 2.05) is 30.9 Å². The van der Waals surface area contributed by atoms with E-state index in [2.05, 4.69) is 30.3 Å². The first-order valence-corrected chi connectivity index (χ1v) is 10.1. The lowest BCUT2D eigenvalue weighted by Crippen LogP contribution is -2.43. The van der Waals surface area contributed by atoms with Crippen LogP contribution >= 0.6 is 0 Å². The monoisotopic (exact) mass is 380 g/mol. The van der Waals surface area contributed by atoms with Crippen LogP contribution < -0.4 is 10.5 Å². The number of amides is 1. The molecule has 0 aromatic heterocycles. The summed E-state index contributed by atoms with van der Waals surface area (Å²) < 4.78 is 11.6. The Morgan fingerprint density at radius 1 is 1.11 bits per heavy atom. The number of nitrogens with zero attached hydrogens (tertiary/aromatic N) is 1. The van der Waals surface area contributed by atoms with E-state index in [0.717, 1.165) is 49.4 Å². The Morgan fingerprint density at radius 2 is 1.79 bits per heavy atom. The second kappa shape index (κ2) is 7.74. The van der Waals surface area contributed by atoms with Crippen molar-refractivity contribution in [2.45, 2.75) is 45.3 Å². The molecule has 0 saturated carbocycles. The number of nitrogen functional groups attached to an aromatic ring is 1. The Labute approximate surface area is 166 Å². The predicted molar refractivity (Wildman–Crippen MR) is 110 cm³/mol. The first-order valence-electron chi connectivity index (χ1n) is 10.1. The van der Waals surface area contributed by atoms with Gasteiger partial charge in [0.15, 0.2) is 0 Å². The Morgan fingerprint density at radius 3 is 2.46 bits per heavy atom. The standard InChI is InChI=1S/C23H28N2O3/c1-15(2)27-23(26)25-11-9-17(10-12-25)22-14-19-13-18(5-8-21(19)28-22)16-3-6-20(24)7-4-16/h3-8,13,15,17,22H,9-12,14,24H2,1-2H3. The molecule has 4 rings (SSSR count). The lowest BCUT2D eigenvalue weighted by Gasteiger charge is -2.34. The summed E-state index contributed by atoms with van der Waals surface area (Å²) in [4.78, 5) is 13.9. The van der Waals surface area contributed by atoms with Crippen LogP contribution in [0.2, 0.25) is 0 Å². The maximum atomic E-state index is 12.1. The van der Waals surface area contributed by atoms with Gasteiger partial charge in [-0.25, -0.2) is 4.79 Å². The molecule has 5 nitrogen and oxygen atoms in total. The van der Waals surface area contributed by atoms with Crippen LogP contribution in [0.15, 0.2) is 42.5 Å². The summed E-state index contributed by atoms with van der Waals surface area (Å²) in [6, 6.07) is 14.4. The van der Waals surface area contributed by atoms with Crippen molar-refractivity contribution >= 4 is 11.8 Å². The molecule has 2 aromatic rings. The van der Waals surface area contributed by atoms with Crippen LogP contribution in [0.4, 0.5) is 10.5 Å². The van der Waals surface area contributed by atoms with Crippen LogP contribution in [-0.4, -0.2) is 36.3 Å². The van der Waals surface area contributed by atoms with Gasteiger partial charge in [-0.05, 0) is 73.6 Å². The molecular weight excluding hydrogens is 352 g/mol. The number of carbonyl (C=O) groups excluding carboxylic acids is 1. The molecule has 2 aliphatic rings. The van der Waals surface area contributed by atoms with Gasteiger partial charge in [0.1, 0.15) is 11.9 Å². The van der Waals surface area contributed by atoms with Crippen molar-refractivity contribution < 1.29 is 14.3 Å². The molecular formula is C23H28N2O3. The fourth-order valence-corrected chi connectivity index (χ4v) is 4.12. The smallest absolute Gasteiger partial charge is 0.410 e. The van der Waals surface area contributed by atoms with Gasteiger partial charge in [0.05, 0.1) is 6.10 Å². The van der Waals surface area contributed by atoms with Crippen LogP contribution in [0.25, 0.3) is 11.1 Å². The Kier molecular flexibility index (Phi) is 5.16. The highest BCUT2D eigenvalue weighted by Crippen LogP contribution is 2.37. The summed E-state index contributed by atoms with van der Waals surface area (Å²) in [5, 5.41) is 0. The van der Waals surface area contributed by atoms with Crippen molar-refractivity contribution in [2.24, 2.45) is 5.92 Å². The largest absolute Gasteiger partial charge is 0.490 e. The van der Waals surface area contributed by atoms with E-state index in [1.54, 1.807) is 0 Å². The molecule has 148 valence electrons. The Balaban J connectivity index is 1.38. The molecule has 2 heterocycles. The number of hydrogen-bond acceptors (Lipinski definition) is 4. The minimum Gasteiger partial charge on any atom is -0.490 e. The van der Waals surface area contributed by atoms with Crippen LogP contribution in [0.3, 0.4) is 0 Å². The van der Waals surface area contributed by atoms with Crippen LogP contribution in [0.1, 0.15) is 32.3 Å². The number of hydrogen-bond donors (Lipinski definition) is 1. The summed E-state index contributed by atoms with van der Waals surface area (Å²) in [6.45, 7) is 5.24. The number of carbonyl (C=O) groups is 1. The lowest BCUT2D eigenvalue weighted by atomic mass is 9.89. The average molecular weight is 380 g/mol. The third-order valence-corrected chi connectivity index (χ3v) is 5.66. The van der Waals surface area contributed by atoms with E-state index in [1.165, 1.54) is 11.1 Å². The van der Waals surface area contributed by atoms with Gasteiger partial charge >= 0.3 is 6.09 Å². The van der Waals surface area contributed by atoms with Gasteiger partial charge in [0.25, 0.3) is 0 Å². The number of piperidine rings is 1. The number of rotatable bonds is 3. The highest BCUT2D eigenvalue weighted by Gasteiger charge is 2.34. The van der Waals surface area contributed by atoms with E-state index in [9.17, 15) is 4.79 Å². The van der Waals surface area contributed by atoms with Gasteiger partial charge in [-0.1, -0.05) is 18.2 Å². The zero-order valence-corrected chi connectivity index (χ0v) is 16.6. The molecule has 1 amide bonds. The first-order chi connectivity index (χ1) is 13.5. The maximum Gasteiger partial charge on any atom is 0.410 e. The van der Waals surface area contributed by atoms with Crippen LogP contribution in [0, 0.1) is 5.92 Å². The zero-order chi connectivity index (χ0) is 19.7. The number of ether oxygens (including phenoxy) is 2. The summed E-state index contributed by atoms with van der Waals surface area (Å²) in [5.41, 5.74) is 10.2. The fraction of sp³-hybridized carbons (Fsp3) is 0.435. The molecule has 1 unspecified atom stereocenters. The van der Waals surface area contributed by atoms with Crippen molar-refractivity contribution in [3.63, 3.8) is 0 Å². The topological polar surface area (TPSA) is 64.8 Å². The third-order valence-electron chi connectivity index (χ3n) is 5.66. The lowest BCUT2D eigenvalue weighted by molar-refractivity contribution is 0.0503. The highest BCUT2D eigenvalue weighted by molar-refractivity contribution is 5.68. The quantitative estimate of drug-likeness (QED) is 0.797. The molecule has 28 heavy (non-hydrogen) atoms. The summed E-state index contributed by atoms with van der Waals surface area (Å²) in [6.07, 6.45) is 2.76. The minimum atomic E-state index is -0.197. The SMILES string of the molecule is CC(C)OC(=O)N1CCC(C2Cc3cc(-c4ccc(N)cc4)ccc3O2)CC1. The van der Waals surface area contributed by atoms with Crippen LogP contribution in [0.5, 0.6) is 5.75 Å². The molecule has 0 radical (unpaired) electrons. The summed E-state index contributed by atoms with van der Waals surface area (Å²) in [7, 11) is 0. The Bertz CT molecular complexity index is 839. The molecule has 1 atom stereocenters. The predicted octanol–water partition coefficient (Wildman–Crippen LogP) is 4.50. The van der Waals surface area contributed by atoms with Crippen molar-refractivity contribution in [1.82, 2.24) is 4.90 Å². The molecule has 0 aliphatic carbocycles. The number of likely N-dealkylation sites (tertiary alicyclic amines) is 1. The third kappa shape index (κ3) is 3.93. The van der Waals surface area contributed by atoms with Gasteiger partial charge < -0.3 is 20.1 Å². The van der Waals surface area contributed by atoms with E-state index in [-0.39, 0.29) is 18.3 Å². The van der Waals surface area contributed by atoms with E-state index < -0.39 is 0 Å². The van der Waals surface area contributed by atoms with Gasteiger partial charge in [-0.3, -0.25) is 0 Å². The average Bonchev–Trinajstić information content (AvgIpc) is 3.11. The number of fused-ring (bicyclic) bond motifs is 1. The number of anilines is 1. The van der Waals surface area contributed by atoms with Gasteiger partial charge in [-0.2, -0.15) is 0 Å².